The molecule has 2 unspecified atom stereocenters. The van der Waals surface area contributed by atoms with Gasteiger partial charge in [-0.1, -0.05) is 25.5 Å². The fourth-order valence-corrected chi connectivity index (χ4v) is 2.63. The zero-order chi connectivity index (χ0) is 12.8. The second-order valence-electron chi connectivity index (χ2n) is 5.02. The number of hydrogen-bond donors (Lipinski definition) is 2. The number of nitrogens with two attached hydrogens (primary N) is 1. The van der Waals surface area contributed by atoms with Crippen molar-refractivity contribution >= 4 is 5.69 Å². The molecule has 3 heteroatoms. The number of hydrogen-bond acceptors (Lipinski definition) is 3. The lowest BCUT2D eigenvalue weighted by molar-refractivity contribution is 0.318. The molecule has 1 fully saturated rings. The highest BCUT2D eigenvalue weighted by Crippen LogP contribution is 2.31. The Morgan fingerprint density at radius 1 is 1.33 bits per heavy atom. The molecule has 0 bridgehead atoms. The molecule has 3 nitrogen and oxygen atoms in total. The summed E-state index contributed by atoms with van der Waals surface area (Å²) in [6.45, 7) is 3.66. The van der Waals surface area contributed by atoms with Crippen molar-refractivity contribution in [2.24, 2.45) is 11.7 Å². The van der Waals surface area contributed by atoms with Crippen molar-refractivity contribution < 1.29 is 4.74 Å². The van der Waals surface area contributed by atoms with Crippen molar-refractivity contribution in [2.45, 2.75) is 38.6 Å². The van der Waals surface area contributed by atoms with Gasteiger partial charge < -0.3 is 15.8 Å². The largest absolute Gasteiger partial charge is 0.491 e. The molecule has 0 heterocycles. The molecule has 0 spiro atoms. The Bertz CT molecular complexity index is 367. The molecule has 0 radical (unpaired) electrons. The van der Waals surface area contributed by atoms with Crippen LogP contribution in [0.25, 0.3) is 0 Å². The van der Waals surface area contributed by atoms with Gasteiger partial charge in [0.05, 0.1) is 12.3 Å². The molecule has 1 saturated carbocycles. The van der Waals surface area contributed by atoms with E-state index in [4.69, 9.17) is 10.5 Å². The van der Waals surface area contributed by atoms with Gasteiger partial charge in [0.2, 0.25) is 0 Å². The zero-order valence-corrected chi connectivity index (χ0v) is 11.2. The summed E-state index contributed by atoms with van der Waals surface area (Å²) in [5.74, 6) is 1.56. The molecule has 1 aromatic carbocycles. The van der Waals surface area contributed by atoms with Crippen molar-refractivity contribution in [3.63, 3.8) is 0 Å². The van der Waals surface area contributed by atoms with E-state index in [2.05, 4.69) is 18.3 Å². The topological polar surface area (TPSA) is 47.3 Å². The summed E-state index contributed by atoms with van der Waals surface area (Å²) < 4.78 is 5.77. The van der Waals surface area contributed by atoms with Crippen LogP contribution < -0.4 is 15.8 Å². The molecule has 18 heavy (non-hydrogen) atoms. The molecule has 2 atom stereocenters. The van der Waals surface area contributed by atoms with Gasteiger partial charge in [-0.3, -0.25) is 0 Å². The maximum Gasteiger partial charge on any atom is 0.142 e. The average Bonchev–Trinajstić information content (AvgIpc) is 2.85. The van der Waals surface area contributed by atoms with E-state index in [1.165, 1.54) is 19.3 Å². The van der Waals surface area contributed by atoms with Gasteiger partial charge in [-0.15, -0.1) is 0 Å². The van der Waals surface area contributed by atoms with Crippen LogP contribution in [0, 0.1) is 5.92 Å². The number of rotatable bonds is 6. The fourth-order valence-electron chi connectivity index (χ4n) is 2.63. The summed E-state index contributed by atoms with van der Waals surface area (Å²) >= 11 is 0. The Balaban J connectivity index is 2.03. The number of para-hydroxylation sites is 2. The van der Waals surface area contributed by atoms with Crippen LogP contribution in [0.4, 0.5) is 5.69 Å². The minimum atomic E-state index is 0.501. The van der Waals surface area contributed by atoms with Crippen molar-refractivity contribution in [3.8, 4) is 5.75 Å². The van der Waals surface area contributed by atoms with E-state index in [9.17, 15) is 0 Å². The zero-order valence-electron chi connectivity index (χ0n) is 11.2. The maximum absolute atomic E-state index is 5.82. The van der Waals surface area contributed by atoms with Crippen molar-refractivity contribution in [2.75, 3.05) is 18.5 Å². The van der Waals surface area contributed by atoms with Crippen LogP contribution in [-0.4, -0.2) is 19.2 Å². The Kier molecular flexibility index (Phi) is 4.88. The van der Waals surface area contributed by atoms with E-state index in [1.54, 1.807) is 0 Å². The normalized spacial score (nSPS) is 23.0. The standard InChI is InChI=1S/C15H24N2O/c1-2-10-18-15-9-4-3-7-14(15)17-13-8-5-6-12(13)11-16/h3-4,7,9,12-13,17H,2,5-6,8,10-11,16H2,1H3. The van der Waals surface area contributed by atoms with E-state index >= 15 is 0 Å². The highest BCUT2D eigenvalue weighted by molar-refractivity contribution is 5.56. The third-order valence-electron chi connectivity index (χ3n) is 3.65. The summed E-state index contributed by atoms with van der Waals surface area (Å²) in [6.07, 6.45) is 4.76. The molecule has 1 aliphatic carbocycles. The lowest BCUT2D eigenvalue weighted by atomic mass is 10.0. The van der Waals surface area contributed by atoms with Gasteiger partial charge in [0.1, 0.15) is 5.75 Å². The Morgan fingerprint density at radius 2 is 2.17 bits per heavy atom. The second kappa shape index (κ2) is 6.64. The third-order valence-corrected chi connectivity index (χ3v) is 3.65. The third kappa shape index (κ3) is 3.16. The number of nitrogens with one attached hydrogen (secondary N) is 1. The fraction of sp³-hybridized carbons (Fsp3) is 0.600. The van der Waals surface area contributed by atoms with E-state index in [0.717, 1.165) is 31.0 Å². The van der Waals surface area contributed by atoms with Crippen LogP contribution in [0.15, 0.2) is 24.3 Å². The van der Waals surface area contributed by atoms with E-state index in [0.29, 0.717) is 12.0 Å². The van der Waals surface area contributed by atoms with Crippen LogP contribution in [0.1, 0.15) is 32.6 Å². The van der Waals surface area contributed by atoms with Gasteiger partial charge in [0.15, 0.2) is 0 Å². The molecule has 1 aromatic rings. The van der Waals surface area contributed by atoms with Gasteiger partial charge in [0, 0.05) is 6.04 Å². The lowest BCUT2D eigenvalue weighted by Gasteiger charge is -2.22. The van der Waals surface area contributed by atoms with Crippen molar-refractivity contribution in [1.82, 2.24) is 0 Å². The predicted octanol–water partition coefficient (Wildman–Crippen LogP) is 3.01. The Labute approximate surface area is 110 Å². The molecule has 2 rings (SSSR count). The molecular formula is C15H24N2O. The van der Waals surface area contributed by atoms with Gasteiger partial charge >= 0.3 is 0 Å². The van der Waals surface area contributed by atoms with Crippen LogP contribution in [-0.2, 0) is 0 Å². The molecule has 0 aliphatic heterocycles. The maximum atomic E-state index is 5.82. The monoisotopic (exact) mass is 248 g/mol. The van der Waals surface area contributed by atoms with Crippen LogP contribution in [0.5, 0.6) is 5.75 Å². The van der Waals surface area contributed by atoms with Gasteiger partial charge in [0.25, 0.3) is 0 Å². The molecule has 0 amide bonds. The van der Waals surface area contributed by atoms with Crippen LogP contribution >= 0.6 is 0 Å². The van der Waals surface area contributed by atoms with Crippen LogP contribution in [0.2, 0.25) is 0 Å². The summed E-state index contributed by atoms with van der Waals surface area (Å²) in [4.78, 5) is 0. The summed E-state index contributed by atoms with van der Waals surface area (Å²) in [5, 5.41) is 3.61. The SMILES string of the molecule is CCCOc1ccccc1NC1CCCC1CN. The van der Waals surface area contributed by atoms with Gasteiger partial charge in [-0.05, 0) is 43.9 Å². The molecule has 3 N–H and O–H groups in total. The highest BCUT2D eigenvalue weighted by Gasteiger charge is 2.26. The van der Waals surface area contributed by atoms with Crippen LogP contribution in [0.3, 0.4) is 0 Å². The van der Waals surface area contributed by atoms with Gasteiger partial charge in [-0.25, -0.2) is 0 Å². The molecular weight excluding hydrogens is 224 g/mol. The minimum absolute atomic E-state index is 0.501. The van der Waals surface area contributed by atoms with E-state index in [1.807, 2.05) is 18.2 Å². The first kappa shape index (κ1) is 13.2. The van der Waals surface area contributed by atoms with Crippen molar-refractivity contribution in [3.05, 3.63) is 24.3 Å². The van der Waals surface area contributed by atoms with E-state index in [-0.39, 0.29) is 0 Å². The first-order chi connectivity index (χ1) is 8.85. The quantitative estimate of drug-likeness (QED) is 0.813. The molecule has 100 valence electrons. The number of anilines is 1. The summed E-state index contributed by atoms with van der Waals surface area (Å²) in [6, 6.07) is 8.70. The summed E-state index contributed by atoms with van der Waals surface area (Å²) in [5.41, 5.74) is 6.93. The lowest BCUT2D eigenvalue weighted by Crippen LogP contribution is -2.29. The molecule has 0 aromatic heterocycles. The van der Waals surface area contributed by atoms with Crippen molar-refractivity contribution in [1.29, 1.82) is 0 Å². The smallest absolute Gasteiger partial charge is 0.142 e. The molecule has 0 saturated heterocycles. The first-order valence-corrected chi connectivity index (χ1v) is 7.03. The number of benzene rings is 1. The predicted molar refractivity (Wildman–Crippen MR) is 76.0 cm³/mol. The number of ether oxygens (including phenoxy) is 1. The average molecular weight is 248 g/mol. The van der Waals surface area contributed by atoms with Gasteiger partial charge in [-0.2, -0.15) is 0 Å². The Hall–Kier alpha value is -1.22. The molecule has 1 aliphatic rings. The summed E-state index contributed by atoms with van der Waals surface area (Å²) in [7, 11) is 0. The van der Waals surface area contributed by atoms with E-state index < -0.39 is 0 Å². The highest BCUT2D eigenvalue weighted by atomic mass is 16.5. The first-order valence-electron chi connectivity index (χ1n) is 7.03. The second-order valence-corrected chi connectivity index (χ2v) is 5.02. The minimum Gasteiger partial charge on any atom is -0.491 e. The Morgan fingerprint density at radius 3 is 2.94 bits per heavy atom.